The van der Waals surface area contributed by atoms with Gasteiger partial charge >= 0.3 is 0 Å². The molecule has 0 aliphatic carbocycles. The molecule has 2 rings (SSSR count). The van der Waals surface area contributed by atoms with Gasteiger partial charge in [0.15, 0.2) is 0 Å². The molecule has 0 fully saturated rings. The van der Waals surface area contributed by atoms with E-state index in [1.54, 1.807) is 0 Å². The standard InChI is InChI=1S/C16H22N4/c1-4-12-17-15-10-7-11-16(19-15)18-13-8-5-6-9-14(13)20(2)3/h5-11H,4,12H2,1-3H3,(H2,17,18,19). The number of hydrogen-bond acceptors (Lipinski definition) is 4. The highest BCUT2D eigenvalue weighted by atomic mass is 15.1. The smallest absolute Gasteiger partial charge is 0.132 e. The topological polar surface area (TPSA) is 40.2 Å². The van der Waals surface area contributed by atoms with Gasteiger partial charge in [-0.2, -0.15) is 0 Å². The number of nitrogens with one attached hydrogen (secondary N) is 2. The van der Waals surface area contributed by atoms with Crippen LogP contribution in [-0.4, -0.2) is 25.6 Å². The van der Waals surface area contributed by atoms with Gasteiger partial charge in [-0.15, -0.1) is 0 Å². The third-order valence-electron chi connectivity index (χ3n) is 2.95. The van der Waals surface area contributed by atoms with Gasteiger partial charge in [-0.05, 0) is 30.7 Å². The van der Waals surface area contributed by atoms with E-state index in [2.05, 4.69) is 39.6 Å². The predicted octanol–water partition coefficient (Wildman–Crippen LogP) is 3.71. The summed E-state index contributed by atoms with van der Waals surface area (Å²) in [5.41, 5.74) is 2.19. The quantitative estimate of drug-likeness (QED) is 0.839. The van der Waals surface area contributed by atoms with Crippen LogP contribution in [0.25, 0.3) is 0 Å². The van der Waals surface area contributed by atoms with Crippen LogP contribution in [0.1, 0.15) is 13.3 Å². The highest BCUT2D eigenvalue weighted by molar-refractivity contribution is 5.74. The monoisotopic (exact) mass is 270 g/mol. The molecule has 2 aromatic rings. The maximum Gasteiger partial charge on any atom is 0.132 e. The molecule has 0 aliphatic rings. The van der Waals surface area contributed by atoms with Gasteiger partial charge in [-0.1, -0.05) is 25.1 Å². The second-order valence-electron chi connectivity index (χ2n) is 4.87. The number of anilines is 4. The summed E-state index contributed by atoms with van der Waals surface area (Å²) in [6, 6.07) is 14.2. The molecule has 0 saturated heterocycles. The molecule has 4 nitrogen and oxygen atoms in total. The first-order valence-corrected chi connectivity index (χ1v) is 6.95. The van der Waals surface area contributed by atoms with E-state index in [4.69, 9.17) is 0 Å². The van der Waals surface area contributed by atoms with Crippen LogP contribution >= 0.6 is 0 Å². The van der Waals surface area contributed by atoms with E-state index in [1.165, 1.54) is 0 Å². The number of nitrogens with zero attached hydrogens (tertiary/aromatic N) is 2. The van der Waals surface area contributed by atoms with Gasteiger partial charge in [-0.25, -0.2) is 4.98 Å². The molecule has 0 atom stereocenters. The molecule has 1 aromatic heterocycles. The fourth-order valence-electron chi connectivity index (χ4n) is 1.96. The summed E-state index contributed by atoms with van der Waals surface area (Å²) in [5, 5.41) is 6.67. The maximum absolute atomic E-state index is 4.57. The van der Waals surface area contributed by atoms with E-state index in [0.29, 0.717) is 0 Å². The van der Waals surface area contributed by atoms with Crippen LogP contribution in [0.15, 0.2) is 42.5 Å². The van der Waals surface area contributed by atoms with Crippen molar-refractivity contribution in [3.63, 3.8) is 0 Å². The molecule has 4 heteroatoms. The lowest BCUT2D eigenvalue weighted by atomic mass is 10.2. The Morgan fingerprint density at radius 3 is 2.50 bits per heavy atom. The van der Waals surface area contributed by atoms with Crippen LogP contribution in [0.3, 0.4) is 0 Å². The van der Waals surface area contributed by atoms with E-state index in [-0.39, 0.29) is 0 Å². The second kappa shape index (κ2) is 6.80. The average molecular weight is 270 g/mol. The first-order chi connectivity index (χ1) is 9.70. The fourth-order valence-corrected chi connectivity index (χ4v) is 1.96. The predicted molar refractivity (Wildman–Crippen MR) is 87.1 cm³/mol. The normalized spacial score (nSPS) is 10.2. The summed E-state index contributed by atoms with van der Waals surface area (Å²) < 4.78 is 0. The molecule has 1 heterocycles. The minimum atomic E-state index is 0.848. The molecule has 2 N–H and O–H groups in total. The summed E-state index contributed by atoms with van der Waals surface area (Å²) in [7, 11) is 4.07. The van der Waals surface area contributed by atoms with Crippen molar-refractivity contribution in [3.8, 4) is 0 Å². The zero-order valence-electron chi connectivity index (χ0n) is 12.4. The summed E-state index contributed by atoms with van der Waals surface area (Å²) >= 11 is 0. The number of para-hydroxylation sites is 2. The third-order valence-corrected chi connectivity index (χ3v) is 2.95. The molecule has 106 valence electrons. The molecule has 0 unspecified atom stereocenters. The molecule has 0 radical (unpaired) electrons. The Balaban J connectivity index is 2.17. The lowest BCUT2D eigenvalue weighted by molar-refractivity contribution is 0.970. The highest BCUT2D eigenvalue weighted by Crippen LogP contribution is 2.26. The van der Waals surface area contributed by atoms with Gasteiger partial charge in [0.25, 0.3) is 0 Å². The van der Waals surface area contributed by atoms with Gasteiger partial charge in [-0.3, -0.25) is 0 Å². The summed E-state index contributed by atoms with van der Waals surface area (Å²) in [5.74, 6) is 1.75. The lowest BCUT2D eigenvalue weighted by Crippen LogP contribution is -2.11. The van der Waals surface area contributed by atoms with Crippen molar-refractivity contribution < 1.29 is 0 Å². The largest absolute Gasteiger partial charge is 0.376 e. The number of pyridine rings is 1. The number of aromatic nitrogens is 1. The lowest BCUT2D eigenvalue weighted by Gasteiger charge is -2.18. The van der Waals surface area contributed by atoms with Gasteiger partial charge < -0.3 is 15.5 Å². The molecular formula is C16H22N4. The molecule has 0 spiro atoms. The summed E-state index contributed by atoms with van der Waals surface area (Å²) in [6.45, 7) is 3.08. The van der Waals surface area contributed by atoms with Gasteiger partial charge in [0, 0.05) is 20.6 Å². The Kier molecular flexibility index (Phi) is 4.82. The zero-order chi connectivity index (χ0) is 14.4. The van der Waals surface area contributed by atoms with Crippen LogP contribution in [-0.2, 0) is 0 Å². The van der Waals surface area contributed by atoms with Crippen molar-refractivity contribution in [1.29, 1.82) is 0 Å². The second-order valence-corrected chi connectivity index (χ2v) is 4.87. The van der Waals surface area contributed by atoms with Gasteiger partial charge in [0.05, 0.1) is 11.4 Å². The number of benzene rings is 1. The zero-order valence-corrected chi connectivity index (χ0v) is 12.4. The van der Waals surface area contributed by atoms with Gasteiger partial charge in [0.2, 0.25) is 0 Å². The fraction of sp³-hybridized carbons (Fsp3) is 0.312. The minimum Gasteiger partial charge on any atom is -0.376 e. The first-order valence-electron chi connectivity index (χ1n) is 6.95. The molecule has 0 bridgehead atoms. The van der Waals surface area contributed by atoms with Crippen LogP contribution in [0.5, 0.6) is 0 Å². The molecule has 20 heavy (non-hydrogen) atoms. The van der Waals surface area contributed by atoms with E-state index in [9.17, 15) is 0 Å². The van der Waals surface area contributed by atoms with Crippen molar-refractivity contribution in [2.75, 3.05) is 36.2 Å². The van der Waals surface area contributed by atoms with E-state index in [0.717, 1.165) is 36.0 Å². The van der Waals surface area contributed by atoms with Gasteiger partial charge in [0.1, 0.15) is 11.6 Å². The van der Waals surface area contributed by atoms with Crippen LogP contribution in [0, 0.1) is 0 Å². The number of hydrogen-bond donors (Lipinski definition) is 2. The SMILES string of the molecule is CCCNc1cccc(Nc2ccccc2N(C)C)n1. The molecule has 1 aromatic carbocycles. The molecule has 0 saturated carbocycles. The van der Waals surface area contributed by atoms with Crippen molar-refractivity contribution in [1.82, 2.24) is 4.98 Å². The Hall–Kier alpha value is -2.23. The summed E-state index contributed by atoms with van der Waals surface area (Å²) in [6.07, 6.45) is 1.09. The summed E-state index contributed by atoms with van der Waals surface area (Å²) in [4.78, 5) is 6.65. The van der Waals surface area contributed by atoms with Crippen molar-refractivity contribution >= 4 is 23.0 Å². The Labute approximate surface area is 120 Å². The third kappa shape index (κ3) is 3.63. The van der Waals surface area contributed by atoms with Crippen LogP contribution in [0.2, 0.25) is 0 Å². The van der Waals surface area contributed by atoms with Crippen molar-refractivity contribution in [2.45, 2.75) is 13.3 Å². The first kappa shape index (κ1) is 14.2. The molecular weight excluding hydrogens is 248 g/mol. The highest BCUT2D eigenvalue weighted by Gasteiger charge is 2.04. The van der Waals surface area contributed by atoms with E-state index in [1.807, 2.05) is 44.4 Å². The van der Waals surface area contributed by atoms with Crippen molar-refractivity contribution in [3.05, 3.63) is 42.5 Å². The number of rotatable bonds is 6. The van der Waals surface area contributed by atoms with Crippen molar-refractivity contribution in [2.24, 2.45) is 0 Å². The Morgan fingerprint density at radius 1 is 1.00 bits per heavy atom. The van der Waals surface area contributed by atoms with Crippen LogP contribution in [0.4, 0.5) is 23.0 Å². The molecule has 0 aliphatic heterocycles. The Morgan fingerprint density at radius 2 is 1.75 bits per heavy atom. The van der Waals surface area contributed by atoms with Crippen LogP contribution < -0.4 is 15.5 Å². The Bertz CT molecular complexity index is 552. The maximum atomic E-state index is 4.57. The molecule has 0 amide bonds. The average Bonchev–Trinajstić information content (AvgIpc) is 2.46. The van der Waals surface area contributed by atoms with E-state index < -0.39 is 0 Å². The minimum absolute atomic E-state index is 0.848. The van der Waals surface area contributed by atoms with E-state index >= 15 is 0 Å².